The summed E-state index contributed by atoms with van der Waals surface area (Å²) in [6.07, 6.45) is 3.93. The molecule has 0 unspecified atom stereocenters. The number of anilines is 1. The molecule has 0 aliphatic rings. The molecule has 0 atom stereocenters. The maximum absolute atomic E-state index is 11.7. The molecule has 5 nitrogen and oxygen atoms in total. The third-order valence-electron chi connectivity index (χ3n) is 2.23. The van der Waals surface area contributed by atoms with E-state index in [1.54, 1.807) is 10.7 Å². The lowest BCUT2D eigenvalue weighted by Crippen LogP contribution is -2.14. The average molecular weight is 297 g/mol. The van der Waals surface area contributed by atoms with Gasteiger partial charge < -0.3 is 5.32 Å². The Morgan fingerprint density at radius 2 is 2.35 bits per heavy atom. The van der Waals surface area contributed by atoms with E-state index in [2.05, 4.69) is 31.4 Å². The standard InChI is InChI=1S/C11H13BrN4O/c1-7(2)3-10(17)14-9-4-8(12)5-16-6-13-15-11(9)16/h4-7H,3H2,1-2H3,(H,14,17). The number of pyridine rings is 1. The fourth-order valence-corrected chi connectivity index (χ4v) is 2.02. The smallest absolute Gasteiger partial charge is 0.224 e. The molecule has 17 heavy (non-hydrogen) atoms. The molecule has 1 amide bonds. The zero-order valence-electron chi connectivity index (χ0n) is 9.64. The molecule has 6 heteroatoms. The summed E-state index contributed by atoms with van der Waals surface area (Å²) in [5.74, 6) is 0.319. The van der Waals surface area contributed by atoms with Crippen molar-refractivity contribution in [2.75, 3.05) is 5.32 Å². The lowest BCUT2D eigenvalue weighted by molar-refractivity contribution is -0.116. The number of carbonyl (C=O) groups excluding carboxylic acids is 1. The number of nitrogens with zero attached hydrogens (tertiary/aromatic N) is 3. The molecular formula is C11H13BrN4O. The number of amides is 1. The van der Waals surface area contributed by atoms with Crippen molar-refractivity contribution in [3.8, 4) is 0 Å². The highest BCUT2D eigenvalue weighted by Crippen LogP contribution is 2.21. The Balaban J connectivity index is 2.28. The molecule has 0 spiro atoms. The average Bonchev–Trinajstić information content (AvgIpc) is 2.63. The number of fused-ring (bicyclic) bond motifs is 1. The van der Waals surface area contributed by atoms with Gasteiger partial charge in [-0.05, 0) is 27.9 Å². The van der Waals surface area contributed by atoms with Gasteiger partial charge in [0.25, 0.3) is 0 Å². The Morgan fingerprint density at radius 1 is 1.59 bits per heavy atom. The van der Waals surface area contributed by atoms with Crippen molar-refractivity contribution in [2.45, 2.75) is 20.3 Å². The van der Waals surface area contributed by atoms with Gasteiger partial charge in [0, 0.05) is 17.1 Å². The second-order valence-electron chi connectivity index (χ2n) is 4.28. The SMILES string of the molecule is CC(C)CC(=O)Nc1cc(Br)cn2cnnc12. The Morgan fingerprint density at radius 3 is 3.06 bits per heavy atom. The van der Waals surface area contributed by atoms with Gasteiger partial charge in [-0.25, -0.2) is 0 Å². The van der Waals surface area contributed by atoms with Crippen molar-refractivity contribution in [1.82, 2.24) is 14.6 Å². The molecule has 0 aromatic carbocycles. The molecule has 0 bridgehead atoms. The monoisotopic (exact) mass is 296 g/mol. The molecule has 0 saturated carbocycles. The van der Waals surface area contributed by atoms with Crippen LogP contribution in [0.25, 0.3) is 5.65 Å². The van der Waals surface area contributed by atoms with Crippen molar-refractivity contribution in [3.05, 3.63) is 23.1 Å². The predicted octanol–water partition coefficient (Wildman–Crippen LogP) is 2.48. The van der Waals surface area contributed by atoms with E-state index in [1.807, 2.05) is 26.1 Å². The van der Waals surface area contributed by atoms with E-state index in [4.69, 9.17) is 0 Å². The van der Waals surface area contributed by atoms with Crippen LogP contribution >= 0.6 is 15.9 Å². The van der Waals surface area contributed by atoms with Crippen LogP contribution in [0.4, 0.5) is 5.69 Å². The fourth-order valence-electron chi connectivity index (χ4n) is 1.57. The zero-order chi connectivity index (χ0) is 12.4. The van der Waals surface area contributed by atoms with Crippen LogP contribution in [0.3, 0.4) is 0 Å². The van der Waals surface area contributed by atoms with Crippen LogP contribution in [0.2, 0.25) is 0 Å². The second kappa shape index (κ2) is 4.83. The normalized spacial score (nSPS) is 11.1. The Labute approximate surface area is 107 Å². The number of halogens is 1. The van der Waals surface area contributed by atoms with E-state index in [0.29, 0.717) is 23.7 Å². The molecule has 2 heterocycles. The molecule has 2 aromatic rings. The summed E-state index contributed by atoms with van der Waals surface area (Å²) in [6, 6.07) is 1.82. The zero-order valence-corrected chi connectivity index (χ0v) is 11.2. The fraction of sp³-hybridized carbons (Fsp3) is 0.364. The van der Waals surface area contributed by atoms with Gasteiger partial charge >= 0.3 is 0 Å². The van der Waals surface area contributed by atoms with E-state index in [0.717, 1.165) is 4.47 Å². The lowest BCUT2D eigenvalue weighted by Gasteiger charge is -2.08. The van der Waals surface area contributed by atoms with Crippen molar-refractivity contribution < 1.29 is 4.79 Å². The molecule has 0 radical (unpaired) electrons. The predicted molar refractivity (Wildman–Crippen MR) is 68.8 cm³/mol. The van der Waals surface area contributed by atoms with Crippen molar-refractivity contribution in [3.63, 3.8) is 0 Å². The summed E-state index contributed by atoms with van der Waals surface area (Å²) in [4.78, 5) is 11.7. The molecule has 90 valence electrons. The van der Waals surface area contributed by atoms with Crippen molar-refractivity contribution >= 4 is 33.2 Å². The van der Waals surface area contributed by atoms with Crippen LogP contribution in [0.15, 0.2) is 23.1 Å². The summed E-state index contributed by atoms with van der Waals surface area (Å²) in [6.45, 7) is 4.01. The van der Waals surface area contributed by atoms with Crippen LogP contribution in [0.5, 0.6) is 0 Å². The minimum atomic E-state index is -0.0111. The summed E-state index contributed by atoms with van der Waals surface area (Å²) in [7, 11) is 0. The lowest BCUT2D eigenvalue weighted by atomic mass is 10.1. The molecule has 2 rings (SSSR count). The highest BCUT2D eigenvalue weighted by Gasteiger charge is 2.10. The Bertz CT molecular complexity index is 549. The van der Waals surface area contributed by atoms with E-state index in [1.165, 1.54) is 0 Å². The summed E-state index contributed by atoms with van der Waals surface area (Å²) >= 11 is 3.38. The molecule has 0 fully saturated rings. The van der Waals surface area contributed by atoms with Gasteiger partial charge in [-0.2, -0.15) is 0 Å². The largest absolute Gasteiger partial charge is 0.323 e. The maximum atomic E-state index is 11.7. The summed E-state index contributed by atoms with van der Waals surface area (Å²) in [5.41, 5.74) is 1.31. The third-order valence-corrected chi connectivity index (χ3v) is 2.66. The second-order valence-corrected chi connectivity index (χ2v) is 5.20. The third kappa shape index (κ3) is 2.82. The van der Waals surface area contributed by atoms with Gasteiger partial charge in [-0.15, -0.1) is 10.2 Å². The first-order valence-electron chi connectivity index (χ1n) is 5.35. The first kappa shape index (κ1) is 12.0. The van der Waals surface area contributed by atoms with Gasteiger partial charge in [0.2, 0.25) is 5.91 Å². The molecule has 2 aromatic heterocycles. The van der Waals surface area contributed by atoms with Crippen LogP contribution in [-0.4, -0.2) is 20.5 Å². The van der Waals surface area contributed by atoms with Crippen LogP contribution in [0.1, 0.15) is 20.3 Å². The number of carbonyl (C=O) groups is 1. The van der Waals surface area contributed by atoms with Gasteiger partial charge in [0.1, 0.15) is 6.33 Å². The molecule has 0 aliphatic carbocycles. The number of hydrogen-bond acceptors (Lipinski definition) is 3. The maximum Gasteiger partial charge on any atom is 0.224 e. The van der Waals surface area contributed by atoms with E-state index in [9.17, 15) is 4.79 Å². The molecule has 1 N–H and O–H groups in total. The van der Waals surface area contributed by atoms with Crippen LogP contribution in [0, 0.1) is 5.92 Å². The number of hydrogen-bond donors (Lipinski definition) is 1. The van der Waals surface area contributed by atoms with E-state index >= 15 is 0 Å². The Hall–Kier alpha value is -1.43. The summed E-state index contributed by atoms with van der Waals surface area (Å²) < 4.78 is 2.62. The highest BCUT2D eigenvalue weighted by molar-refractivity contribution is 9.10. The quantitative estimate of drug-likeness (QED) is 0.946. The molecular weight excluding hydrogens is 284 g/mol. The summed E-state index contributed by atoms with van der Waals surface area (Å²) in [5, 5.41) is 10.6. The van der Waals surface area contributed by atoms with Gasteiger partial charge in [-0.1, -0.05) is 13.8 Å². The molecule has 0 aliphatic heterocycles. The minimum absolute atomic E-state index is 0.0111. The number of nitrogens with one attached hydrogen (secondary N) is 1. The van der Waals surface area contributed by atoms with Crippen LogP contribution < -0.4 is 5.32 Å². The first-order valence-corrected chi connectivity index (χ1v) is 6.14. The van der Waals surface area contributed by atoms with Crippen molar-refractivity contribution in [2.24, 2.45) is 5.92 Å². The minimum Gasteiger partial charge on any atom is -0.323 e. The van der Waals surface area contributed by atoms with E-state index < -0.39 is 0 Å². The highest BCUT2D eigenvalue weighted by atomic mass is 79.9. The van der Waals surface area contributed by atoms with Crippen LogP contribution in [-0.2, 0) is 4.79 Å². The van der Waals surface area contributed by atoms with Gasteiger partial charge in [-0.3, -0.25) is 9.20 Å². The number of aromatic nitrogens is 3. The Kier molecular flexibility index (Phi) is 3.42. The van der Waals surface area contributed by atoms with Gasteiger partial charge in [0.15, 0.2) is 5.65 Å². The first-order chi connectivity index (χ1) is 8.06. The number of rotatable bonds is 3. The topological polar surface area (TPSA) is 59.3 Å². The van der Waals surface area contributed by atoms with Crippen molar-refractivity contribution in [1.29, 1.82) is 0 Å². The van der Waals surface area contributed by atoms with E-state index in [-0.39, 0.29) is 5.91 Å². The molecule has 0 saturated heterocycles. The van der Waals surface area contributed by atoms with Gasteiger partial charge in [0.05, 0.1) is 5.69 Å².